The van der Waals surface area contributed by atoms with Crippen LogP contribution in [-0.2, 0) is 0 Å². The van der Waals surface area contributed by atoms with Crippen molar-refractivity contribution in [1.29, 1.82) is 0 Å². The van der Waals surface area contributed by atoms with E-state index in [0.29, 0.717) is 24.8 Å². The number of aliphatic hydroxyl groups excluding tert-OH is 1. The SMILES string of the molecule is CCC(O)c1ccc(OC(F)C(C)(CC)CC)c(F)c1. The highest BCUT2D eigenvalue weighted by Crippen LogP contribution is 2.34. The Morgan fingerprint density at radius 3 is 2.30 bits per heavy atom. The van der Waals surface area contributed by atoms with Crippen molar-refractivity contribution in [1.82, 2.24) is 0 Å². The van der Waals surface area contributed by atoms with Gasteiger partial charge in [0, 0.05) is 5.41 Å². The van der Waals surface area contributed by atoms with E-state index in [-0.39, 0.29) is 5.75 Å². The zero-order chi connectivity index (χ0) is 15.3. The lowest BCUT2D eigenvalue weighted by Crippen LogP contribution is -2.32. The molecule has 2 atom stereocenters. The highest BCUT2D eigenvalue weighted by atomic mass is 19.1. The summed E-state index contributed by atoms with van der Waals surface area (Å²) in [7, 11) is 0. The van der Waals surface area contributed by atoms with Crippen molar-refractivity contribution >= 4 is 0 Å². The monoisotopic (exact) mass is 286 g/mol. The van der Waals surface area contributed by atoms with Gasteiger partial charge in [0.1, 0.15) is 0 Å². The maximum Gasteiger partial charge on any atom is 0.243 e. The second-order valence-electron chi connectivity index (χ2n) is 5.41. The predicted molar refractivity (Wildman–Crippen MR) is 75.9 cm³/mol. The second kappa shape index (κ2) is 7.02. The van der Waals surface area contributed by atoms with Crippen LogP contribution in [-0.4, -0.2) is 11.5 Å². The fraction of sp³-hybridized carbons (Fsp3) is 0.625. The van der Waals surface area contributed by atoms with Gasteiger partial charge < -0.3 is 9.84 Å². The van der Waals surface area contributed by atoms with E-state index in [9.17, 15) is 13.9 Å². The Balaban J connectivity index is 2.88. The highest BCUT2D eigenvalue weighted by Gasteiger charge is 2.33. The molecule has 0 spiro atoms. The number of hydrogen-bond donors (Lipinski definition) is 1. The fourth-order valence-corrected chi connectivity index (χ4v) is 1.88. The van der Waals surface area contributed by atoms with Gasteiger partial charge in [-0.3, -0.25) is 0 Å². The summed E-state index contributed by atoms with van der Waals surface area (Å²) in [5, 5.41) is 9.65. The summed E-state index contributed by atoms with van der Waals surface area (Å²) in [6.07, 6.45) is -0.558. The molecule has 0 radical (unpaired) electrons. The standard InChI is InChI=1S/C16H24F2O2/c1-5-13(19)11-8-9-14(12(17)10-11)20-15(18)16(4,6-2)7-3/h8-10,13,15,19H,5-7H2,1-4H3. The third-order valence-electron chi connectivity index (χ3n) is 4.12. The van der Waals surface area contributed by atoms with E-state index in [1.165, 1.54) is 12.1 Å². The average molecular weight is 286 g/mol. The first-order chi connectivity index (χ1) is 9.37. The summed E-state index contributed by atoms with van der Waals surface area (Å²) in [5.41, 5.74) is -0.157. The minimum Gasteiger partial charge on any atom is -0.457 e. The van der Waals surface area contributed by atoms with E-state index in [1.54, 1.807) is 19.9 Å². The van der Waals surface area contributed by atoms with Gasteiger partial charge in [-0.05, 0) is 37.0 Å². The number of aliphatic hydroxyl groups is 1. The van der Waals surface area contributed by atoms with Gasteiger partial charge in [0.2, 0.25) is 6.36 Å². The van der Waals surface area contributed by atoms with Crippen molar-refractivity contribution in [2.45, 2.75) is 59.4 Å². The quantitative estimate of drug-likeness (QED) is 0.782. The van der Waals surface area contributed by atoms with E-state index < -0.39 is 23.7 Å². The van der Waals surface area contributed by atoms with Crippen molar-refractivity contribution in [3.8, 4) is 5.75 Å². The van der Waals surface area contributed by atoms with Gasteiger partial charge in [0.25, 0.3) is 0 Å². The molecule has 0 saturated heterocycles. The summed E-state index contributed by atoms with van der Waals surface area (Å²) in [6.45, 7) is 7.36. The molecule has 0 aliphatic carbocycles. The Kier molecular flexibility index (Phi) is 5.93. The second-order valence-corrected chi connectivity index (χ2v) is 5.41. The van der Waals surface area contributed by atoms with Crippen LogP contribution in [0.5, 0.6) is 5.75 Å². The zero-order valence-electron chi connectivity index (χ0n) is 12.6. The molecule has 2 unspecified atom stereocenters. The van der Waals surface area contributed by atoms with Crippen LogP contribution in [0.2, 0.25) is 0 Å². The number of alkyl halides is 1. The molecule has 0 bridgehead atoms. The Hall–Kier alpha value is -1.16. The van der Waals surface area contributed by atoms with Gasteiger partial charge >= 0.3 is 0 Å². The third kappa shape index (κ3) is 3.69. The molecular weight excluding hydrogens is 262 g/mol. The normalized spacial score (nSPS) is 14.9. The van der Waals surface area contributed by atoms with E-state index >= 15 is 0 Å². The Labute approximate surface area is 119 Å². The number of halogens is 2. The van der Waals surface area contributed by atoms with Gasteiger partial charge in [-0.15, -0.1) is 0 Å². The summed E-state index contributed by atoms with van der Waals surface area (Å²) >= 11 is 0. The largest absolute Gasteiger partial charge is 0.457 e. The minimum absolute atomic E-state index is 0.113. The summed E-state index contributed by atoms with van der Waals surface area (Å²) < 4.78 is 33.2. The molecule has 0 heterocycles. The molecule has 0 saturated carbocycles. The van der Waals surface area contributed by atoms with Crippen LogP contribution in [0.15, 0.2) is 18.2 Å². The van der Waals surface area contributed by atoms with Crippen molar-refractivity contribution in [2.75, 3.05) is 0 Å². The summed E-state index contributed by atoms with van der Waals surface area (Å²) in [6, 6.07) is 4.14. The van der Waals surface area contributed by atoms with Crippen molar-refractivity contribution in [3.63, 3.8) is 0 Å². The number of ether oxygens (including phenoxy) is 1. The first-order valence-electron chi connectivity index (χ1n) is 7.16. The van der Waals surface area contributed by atoms with Gasteiger partial charge in [-0.25, -0.2) is 8.78 Å². The lowest BCUT2D eigenvalue weighted by Gasteiger charge is -2.30. The van der Waals surface area contributed by atoms with E-state index in [0.717, 1.165) is 0 Å². The first-order valence-corrected chi connectivity index (χ1v) is 7.16. The summed E-state index contributed by atoms with van der Waals surface area (Å²) in [4.78, 5) is 0. The number of benzene rings is 1. The van der Waals surface area contributed by atoms with E-state index in [2.05, 4.69) is 0 Å². The third-order valence-corrected chi connectivity index (χ3v) is 4.12. The van der Waals surface area contributed by atoms with Crippen LogP contribution in [0.1, 0.15) is 58.6 Å². The van der Waals surface area contributed by atoms with Crippen LogP contribution in [0.4, 0.5) is 8.78 Å². The molecule has 20 heavy (non-hydrogen) atoms. The van der Waals surface area contributed by atoms with Crippen LogP contribution in [0.3, 0.4) is 0 Å². The molecule has 0 aromatic heterocycles. The van der Waals surface area contributed by atoms with Crippen LogP contribution >= 0.6 is 0 Å². The molecule has 2 nitrogen and oxygen atoms in total. The van der Waals surface area contributed by atoms with Crippen molar-refractivity contribution in [3.05, 3.63) is 29.6 Å². The molecule has 1 N–H and O–H groups in total. The van der Waals surface area contributed by atoms with E-state index in [4.69, 9.17) is 4.74 Å². The van der Waals surface area contributed by atoms with Gasteiger partial charge in [-0.2, -0.15) is 0 Å². The first kappa shape index (κ1) is 16.9. The number of rotatable bonds is 7. The zero-order valence-corrected chi connectivity index (χ0v) is 12.6. The Morgan fingerprint density at radius 2 is 1.85 bits per heavy atom. The van der Waals surface area contributed by atoms with Crippen molar-refractivity contribution in [2.24, 2.45) is 5.41 Å². The smallest absolute Gasteiger partial charge is 0.243 e. The average Bonchev–Trinajstić information content (AvgIpc) is 2.47. The molecule has 0 aliphatic heterocycles. The highest BCUT2D eigenvalue weighted by molar-refractivity contribution is 5.30. The van der Waals surface area contributed by atoms with Crippen LogP contribution in [0, 0.1) is 11.2 Å². The fourth-order valence-electron chi connectivity index (χ4n) is 1.88. The lowest BCUT2D eigenvalue weighted by atomic mass is 9.84. The molecule has 1 rings (SSSR count). The van der Waals surface area contributed by atoms with Crippen LogP contribution in [0.25, 0.3) is 0 Å². The molecular formula is C16H24F2O2. The van der Waals surface area contributed by atoms with Gasteiger partial charge in [0.05, 0.1) is 6.10 Å². The molecule has 0 aliphatic rings. The molecule has 114 valence electrons. The number of hydrogen-bond acceptors (Lipinski definition) is 2. The predicted octanol–water partition coefficient (Wildman–Crippen LogP) is 4.77. The minimum atomic E-state index is -1.56. The Bertz CT molecular complexity index is 430. The summed E-state index contributed by atoms with van der Waals surface area (Å²) in [5.74, 6) is -0.759. The molecule has 4 heteroatoms. The lowest BCUT2D eigenvalue weighted by molar-refractivity contribution is -0.0506. The molecule has 1 aromatic carbocycles. The topological polar surface area (TPSA) is 29.5 Å². The van der Waals surface area contributed by atoms with Gasteiger partial charge in [0.15, 0.2) is 11.6 Å². The molecule has 0 fully saturated rings. The van der Waals surface area contributed by atoms with Gasteiger partial charge in [-0.1, -0.05) is 33.8 Å². The molecule has 1 aromatic rings. The Morgan fingerprint density at radius 1 is 1.25 bits per heavy atom. The van der Waals surface area contributed by atoms with Crippen LogP contribution < -0.4 is 4.74 Å². The maximum atomic E-state index is 14.2. The van der Waals surface area contributed by atoms with Crippen molar-refractivity contribution < 1.29 is 18.6 Å². The maximum absolute atomic E-state index is 14.2. The van der Waals surface area contributed by atoms with E-state index in [1.807, 2.05) is 13.8 Å². The molecule has 0 amide bonds.